The van der Waals surface area contributed by atoms with Gasteiger partial charge in [-0.05, 0) is 131 Å². The Morgan fingerprint density at radius 2 is 0.851 bits per heavy atom. The van der Waals surface area contributed by atoms with E-state index in [2.05, 4.69) is 212 Å². The monoisotopic (exact) mass is 945 g/mol. The number of fused-ring (bicyclic) bond motifs is 13. The Morgan fingerprint density at radius 3 is 1.53 bits per heavy atom. The highest BCUT2D eigenvalue weighted by Gasteiger charge is 2.51. The van der Waals surface area contributed by atoms with Gasteiger partial charge in [-0.15, -0.1) is 0 Å². The molecule has 0 saturated carbocycles. The van der Waals surface area contributed by atoms with Gasteiger partial charge in [-0.2, -0.15) is 0 Å². The van der Waals surface area contributed by atoms with Gasteiger partial charge in [0.15, 0.2) is 5.84 Å². The molecule has 4 heteroatoms. The molecule has 1 aromatic heterocycles. The number of hydrogen-bond donors (Lipinski definition) is 1. The van der Waals surface area contributed by atoms with Gasteiger partial charge >= 0.3 is 0 Å². The fourth-order valence-corrected chi connectivity index (χ4v) is 11.8. The first-order valence-electron chi connectivity index (χ1n) is 25.3. The zero-order chi connectivity index (χ0) is 49.2. The van der Waals surface area contributed by atoms with Crippen LogP contribution in [0.15, 0.2) is 275 Å². The molecule has 1 heterocycles. The van der Waals surface area contributed by atoms with Crippen molar-refractivity contribution in [1.82, 2.24) is 0 Å². The van der Waals surface area contributed by atoms with Crippen molar-refractivity contribution in [1.29, 1.82) is 0 Å². The van der Waals surface area contributed by atoms with Gasteiger partial charge in [-0.3, -0.25) is 4.99 Å². The van der Waals surface area contributed by atoms with E-state index >= 15 is 0 Å². The highest BCUT2D eigenvalue weighted by Crippen LogP contribution is 2.63. The standard InChI is InChI=1S/C70H47N3O/c71-68(54-23-14-20-49(41-54)46-18-5-2-6-19-46)73-69(48-34-32-47(33-35-48)45-16-3-1-4-17-45)72-44-55-24-15-31-66-67(55)60-43-53(37-39-65(60)74-66)51-22-13-21-50(40-51)52-36-38-64-59(42-52)58-27-9-12-30-63(58)70(64)61-28-10-7-25-56(61)57-26-8-11-29-62(57)70/h1-43H,44H2,(H2,71,72,73). The predicted molar refractivity (Wildman–Crippen MR) is 306 cm³/mol. The second-order valence-electron chi connectivity index (χ2n) is 19.4. The first-order valence-corrected chi connectivity index (χ1v) is 25.3. The van der Waals surface area contributed by atoms with Crippen molar-refractivity contribution in [3.63, 3.8) is 0 Å². The van der Waals surface area contributed by atoms with E-state index in [4.69, 9.17) is 20.1 Å². The van der Waals surface area contributed by atoms with Gasteiger partial charge < -0.3 is 10.2 Å². The molecule has 0 radical (unpaired) electrons. The van der Waals surface area contributed by atoms with Gasteiger partial charge in [0.1, 0.15) is 17.0 Å². The topological polar surface area (TPSA) is 63.9 Å². The van der Waals surface area contributed by atoms with Crippen molar-refractivity contribution in [3.05, 3.63) is 300 Å². The van der Waals surface area contributed by atoms with Gasteiger partial charge in [0.05, 0.1) is 12.0 Å². The normalized spacial score (nSPS) is 13.2. The summed E-state index contributed by atoms with van der Waals surface area (Å²) < 4.78 is 6.55. The van der Waals surface area contributed by atoms with Crippen LogP contribution in [0, 0.1) is 0 Å². The van der Waals surface area contributed by atoms with Crippen LogP contribution in [0.2, 0.25) is 0 Å². The van der Waals surface area contributed by atoms with Gasteiger partial charge in [-0.1, -0.05) is 224 Å². The number of furan rings is 1. The molecule has 4 nitrogen and oxygen atoms in total. The Kier molecular flexibility index (Phi) is 10.3. The number of amidine groups is 2. The largest absolute Gasteiger partial charge is 0.456 e. The average molecular weight is 946 g/mol. The fraction of sp³-hybridized carbons (Fsp3) is 0.0286. The lowest BCUT2D eigenvalue weighted by Crippen LogP contribution is -2.25. The number of rotatable bonds is 8. The van der Waals surface area contributed by atoms with Gasteiger partial charge in [0.25, 0.3) is 0 Å². The molecule has 348 valence electrons. The molecule has 0 fully saturated rings. The Labute approximate surface area is 430 Å². The molecule has 0 unspecified atom stereocenters. The van der Waals surface area contributed by atoms with Crippen LogP contribution in [0.1, 0.15) is 38.9 Å². The molecule has 12 aromatic rings. The summed E-state index contributed by atoms with van der Waals surface area (Å²) in [5.74, 6) is 0.948. The quantitative estimate of drug-likeness (QED) is 0.122. The number of benzene rings is 11. The third-order valence-electron chi connectivity index (χ3n) is 15.2. The molecule has 2 aliphatic carbocycles. The summed E-state index contributed by atoms with van der Waals surface area (Å²) in [7, 11) is 0. The molecule has 1 spiro atoms. The minimum absolute atomic E-state index is 0.363. The number of nitrogens with zero attached hydrogens (tertiary/aromatic N) is 2. The lowest BCUT2D eigenvalue weighted by atomic mass is 9.70. The van der Waals surface area contributed by atoms with Crippen molar-refractivity contribution in [2.45, 2.75) is 12.0 Å². The zero-order valence-corrected chi connectivity index (χ0v) is 40.4. The van der Waals surface area contributed by atoms with E-state index in [0.29, 0.717) is 18.2 Å². The molecule has 14 rings (SSSR count). The third kappa shape index (κ3) is 7.06. The van der Waals surface area contributed by atoms with Crippen LogP contribution >= 0.6 is 0 Å². The summed E-state index contributed by atoms with van der Waals surface area (Å²) in [5, 5.41) is 2.08. The van der Waals surface area contributed by atoms with Crippen LogP contribution in [0.25, 0.3) is 88.7 Å². The van der Waals surface area contributed by atoms with Crippen molar-refractivity contribution in [2.75, 3.05) is 0 Å². The lowest BCUT2D eigenvalue weighted by Gasteiger charge is -2.30. The average Bonchev–Trinajstić information content (AvgIpc) is 4.24. The number of hydrogen-bond acceptors (Lipinski definition) is 2. The smallest absolute Gasteiger partial charge is 0.157 e. The molecule has 0 amide bonds. The van der Waals surface area contributed by atoms with Crippen molar-refractivity contribution in [2.24, 2.45) is 15.7 Å². The van der Waals surface area contributed by atoms with Crippen LogP contribution in [0.5, 0.6) is 0 Å². The van der Waals surface area contributed by atoms with E-state index in [1.54, 1.807) is 0 Å². The Hall–Kier alpha value is -9.64. The summed E-state index contributed by atoms with van der Waals surface area (Å²) in [5.41, 5.74) is 30.6. The van der Waals surface area contributed by atoms with E-state index in [9.17, 15) is 0 Å². The van der Waals surface area contributed by atoms with E-state index in [1.807, 2.05) is 48.5 Å². The molecule has 0 saturated heterocycles. The van der Waals surface area contributed by atoms with Gasteiger partial charge in [0.2, 0.25) is 0 Å². The third-order valence-corrected chi connectivity index (χ3v) is 15.2. The molecule has 2 N–H and O–H groups in total. The maximum atomic E-state index is 6.89. The van der Waals surface area contributed by atoms with E-state index in [-0.39, 0.29) is 5.41 Å². The van der Waals surface area contributed by atoms with Crippen molar-refractivity contribution < 1.29 is 4.42 Å². The SMILES string of the molecule is N/C(=N\C(=N/Cc1cccc2oc3ccc(-c4cccc(-c5ccc6c(c5)-c5ccccc5C65c6ccccc6-c6ccccc65)c4)cc3c12)c1ccc(-c2ccccc2)cc1)c1cccc(-c2ccccc2)c1. The van der Waals surface area contributed by atoms with Crippen molar-refractivity contribution >= 4 is 33.6 Å². The van der Waals surface area contributed by atoms with E-state index in [1.165, 1.54) is 55.6 Å². The fourth-order valence-electron chi connectivity index (χ4n) is 11.8. The highest BCUT2D eigenvalue weighted by molar-refractivity contribution is 6.12. The summed E-state index contributed by atoms with van der Waals surface area (Å²) in [6.45, 7) is 0.363. The van der Waals surface area contributed by atoms with Gasteiger partial charge in [0, 0.05) is 21.9 Å². The van der Waals surface area contributed by atoms with E-state index < -0.39 is 0 Å². The number of aliphatic imine (C=N–C) groups is 2. The van der Waals surface area contributed by atoms with Gasteiger partial charge in [-0.25, -0.2) is 4.99 Å². The summed E-state index contributed by atoms with van der Waals surface area (Å²) >= 11 is 0. The maximum absolute atomic E-state index is 6.89. The minimum atomic E-state index is -0.363. The summed E-state index contributed by atoms with van der Waals surface area (Å²) in [6, 6.07) is 93.1. The molecular weight excluding hydrogens is 899 g/mol. The second-order valence-corrected chi connectivity index (χ2v) is 19.4. The second kappa shape index (κ2) is 17.6. The predicted octanol–water partition coefficient (Wildman–Crippen LogP) is 16.9. The van der Waals surface area contributed by atoms with E-state index in [0.717, 1.165) is 72.0 Å². The molecule has 11 aromatic carbocycles. The Balaban J connectivity index is 0.826. The molecule has 0 bridgehead atoms. The van der Waals surface area contributed by atoms with Crippen LogP contribution < -0.4 is 5.73 Å². The Morgan fingerprint density at radius 1 is 0.365 bits per heavy atom. The molecule has 0 aliphatic heterocycles. The van der Waals surface area contributed by atoms with Crippen molar-refractivity contribution in [3.8, 4) is 66.8 Å². The molecule has 2 aliphatic rings. The summed E-state index contributed by atoms with van der Waals surface area (Å²) in [4.78, 5) is 10.3. The van der Waals surface area contributed by atoms with Crippen LogP contribution in [-0.2, 0) is 12.0 Å². The van der Waals surface area contributed by atoms with Crippen LogP contribution in [0.3, 0.4) is 0 Å². The first kappa shape index (κ1) is 43.2. The molecule has 74 heavy (non-hydrogen) atoms. The van der Waals surface area contributed by atoms with Crippen LogP contribution in [0.4, 0.5) is 0 Å². The molecular formula is C70H47N3O. The maximum Gasteiger partial charge on any atom is 0.157 e. The lowest BCUT2D eigenvalue weighted by molar-refractivity contribution is 0.668. The first-order chi connectivity index (χ1) is 36.6. The highest BCUT2D eigenvalue weighted by atomic mass is 16.3. The van der Waals surface area contributed by atoms with Crippen LogP contribution in [-0.4, -0.2) is 11.7 Å². The minimum Gasteiger partial charge on any atom is -0.456 e. The Bertz CT molecular complexity index is 4180. The summed E-state index contributed by atoms with van der Waals surface area (Å²) in [6.07, 6.45) is 0. The number of nitrogens with two attached hydrogens (primary N) is 1. The zero-order valence-electron chi connectivity index (χ0n) is 40.4. The molecule has 0 atom stereocenters.